The van der Waals surface area contributed by atoms with Crippen LogP contribution in [0.4, 0.5) is 0 Å². The molecule has 1 heterocycles. The standard InChI is InChI=1S/C17H31N5O.HI/c1-18-17(19-10-9-15-13-21-22(2)14-15)20-11-12-23-16-7-5-3-4-6-8-16;/h13-14,16H,3-12H2,1-2H3,(H2,18,19,20);1H. The van der Waals surface area contributed by atoms with Crippen LogP contribution < -0.4 is 10.6 Å². The Balaban J connectivity index is 0.00000288. The highest BCUT2D eigenvalue weighted by Gasteiger charge is 2.12. The van der Waals surface area contributed by atoms with Gasteiger partial charge in [-0.15, -0.1) is 24.0 Å². The van der Waals surface area contributed by atoms with E-state index in [1.807, 2.05) is 24.1 Å². The third-order valence-electron chi connectivity index (χ3n) is 4.24. The van der Waals surface area contributed by atoms with Crippen molar-refractivity contribution >= 4 is 29.9 Å². The van der Waals surface area contributed by atoms with Crippen molar-refractivity contribution in [2.24, 2.45) is 12.0 Å². The highest BCUT2D eigenvalue weighted by atomic mass is 127. The number of ether oxygens (including phenoxy) is 1. The fraction of sp³-hybridized carbons (Fsp3) is 0.765. The fourth-order valence-electron chi connectivity index (χ4n) is 2.95. The normalized spacial score (nSPS) is 16.3. The van der Waals surface area contributed by atoms with Crippen molar-refractivity contribution in [3.8, 4) is 0 Å². The minimum absolute atomic E-state index is 0. The van der Waals surface area contributed by atoms with Crippen LogP contribution in [0.25, 0.3) is 0 Å². The van der Waals surface area contributed by atoms with Gasteiger partial charge in [0.05, 0.1) is 18.9 Å². The summed E-state index contributed by atoms with van der Waals surface area (Å²) in [5, 5.41) is 10.8. The first-order valence-electron chi connectivity index (χ1n) is 8.81. The van der Waals surface area contributed by atoms with Gasteiger partial charge in [-0.2, -0.15) is 5.10 Å². The van der Waals surface area contributed by atoms with E-state index in [1.165, 1.54) is 44.1 Å². The first-order valence-corrected chi connectivity index (χ1v) is 8.81. The molecule has 2 rings (SSSR count). The van der Waals surface area contributed by atoms with E-state index in [0.717, 1.165) is 32.1 Å². The molecule has 1 aromatic heterocycles. The van der Waals surface area contributed by atoms with Gasteiger partial charge in [0, 0.05) is 33.4 Å². The lowest BCUT2D eigenvalue weighted by Crippen LogP contribution is -2.40. The smallest absolute Gasteiger partial charge is 0.191 e. The van der Waals surface area contributed by atoms with E-state index in [1.54, 1.807) is 7.05 Å². The van der Waals surface area contributed by atoms with E-state index in [2.05, 4.69) is 20.7 Å². The molecule has 1 aromatic rings. The first kappa shape index (κ1) is 21.2. The molecule has 6 nitrogen and oxygen atoms in total. The first-order chi connectivity index (χ1) is 11.3. The van der Waals surface area contributed by atoms with Crippen LogP contribution in [-0.2, 0) is 18.2 Å². The topological polar surface area (TPSA) is 63.5 Å². The molecule has 0 spiro atoms. The summed E-state index contributed by atoms with van der Waals surface area (Å²) in [5.41, 5.74) is 1.23. The Morgan fingerprint density at radius 1 is 1.25 bits per heavy atom. The van der Waals surface area contributed by atoms with Crippen molar-refractivity contribution in [2.45, 2.75) is 51.0 Å². The number of aromatic nitrogens is 2. The minimum Gasteiger partial charge on any atom is -0.376 e. The van der Waals surface area contributed by atoms with E-state index in [-0.39, 0.29) is 24.0 Å². The van der Waals surface area contributed by atoms with Crippen molar-refractivity contribution in [2.75, 3.05) is 26.7 Å². The molecule has 0 atom stereocenters. The van der Waals surface area contributed by atoms with Crippen LogP contribution in [0.15, 0.2) is 17.4 Å². The number of nitrogens with zero attached hydrogens (tertiary/aromatic N) is 3. The van der Waals surface area contributed by atoms with E-state index < -0.39 is 0 Å². The van der Waals surface area contributed by atoms with Crippen molar-refractivity contribution < 1.29 is 4.74 Å². The highest BCUT2D eigenvalue weighted by Crippen LogP contribution is 2.19. The van der Waals surface area contributed by atoms with E-state index in [0.29, 0.717) is 6.10 Å². The number of guanidine groups is 1. The molecule has 7 heteroatoms. The summed E-state index contributed by atoms with van der Waals surface area (Å²) in [5.74, 6) is 0.832. The molecule has 0 saturated heterocycles. The van der Waals surface area contributed by atoms with E-state index in [9.17, 15) is 0 Å². The van der Waals surface area contributed by atoms with Gasteiger partial charge in [0.25, 0.3) is 0 Å². The second kappa shape index (κ2) is 12.5. The van der Waals surface area contributed by atoms with Gasteiger partial charge in [-0.25, -0.2) is 0 Å². The summed E-state index contributed by atoms with van der Waals surface area (Å²) in [6, 6.07) is 0. The molecule has 2 N–H and O–H groups in total. The zero-order valence-corrected chi connectivity index (χ0v) is 17.3. The van der Waals surface area contributed by atoms with Gasteiger partial charge in [0.15, 0.2) is 5.96 Å². The summed E-state index contributed by atoms with van der Waals surface area (Å²) in [7, 11) is 3.73. The molecule has 0 amide bonds. The van der Waals surface area contributed by atoms with E-state index in [4.69, 9.17) is 4.74 Å². The lowest BCUT2D eigenvalue weighted by Gasteiger charge is -2.16. The van der Waals surface area contributed by atoms with Crippen LogP contribution in [0.2, 0.25) is 0 Å². The molecular weight excluding hydrogens is 417 g/mol. The predicted octanol–water partition coefficient (Wildman–Crippen LogP) is 2.49. The fourth-order valence-corrected chi connectivity index (χ4v) is 2.95. The quantitative estimate of drug-likeness (QED) is 0.221. The van der Waals surface area contributed by atoms with Crippen LogP contribution in [0.5, 0.6) is 0 Å². The van der Waals surface area contributed by atoms with Crippen LogP contribution in [0, 0.1) is 0 Å². The van der Waals surface area contributed by atoms with Gasteiger partial charge < -0.3 is 15.4 Å². The SMILES string of the molecule is CN=C(NCCOC1CCCCCC1)NCCc1cnn(C)c1.I. The Hall–Kier alpha value is -0.830. The number of rotatable bonds is 7. The maximum Gasteiger partial charge on any atom is 0.191 e. The second-order valence-electron chi connectivity index (χ2n) is 6.18. The Morgan fingerprint density at radius 2 is 1.96 bits per heavy atom. The lowest BCUT2D eigenvalue weighted by molar-refractivity contribution is 0.0468. The predicted molar refractivity (Wildman–Crippen MR) is 109 cm³/mol. The number of aryl methyl sites for hydroxylation is 1. The zero-order chi connectivity index (χ0) is 16.3. The molecule has 1 saturated carbocycles. The maximum atomic E-state index is 5.98. The number of halogens is 1. The second-order valence-corrected chi connectivity index (χ2v) is 6.18. The largest absolute Gasteiger partial charge is 0.376 e. The summed E-state index contributed by atoms with van der Waals surface area (Å²) in [6.07, 6.45) is 13.1. The van der Waals surface area contributed by atoms with Crippen LogP contribution >= 0.6 is 24.0 Å². The molecule has 1 aliphatic carbocycles. The molecule has 0 bridgehead atoms. The Morgan fingerprint density at radius 3 is 2.58 bits per heavy atom. The Labute approximate surface area is 162 Å². The number of hydrogen-bond donors (Lipinski definition) is 2. The van der Waals surface area contributed by atoms with Crippen molar-refractivity contribution in [3.63, 3.8) is 0 Å². The molecule has 1 aliphatic rings. The van der Waals surface area contributed by atoms with Crippen molar-refractivity contribution in [1.82, 2.24) is 20.4 Å². The molecule has 0 aliphatic heterocycles. The van der Waals surface area contributed by atoms with Gasteiger partial charge in [-0.1, -0.05) is 25.7 Å². The molecule has 24 heavy (non-hydrogen) atoms. The molecule has 1 fully saturated rings. The molecule has 138 valence electrons. The summed E-state index contributed by atoms with van der Waals surface area (Å²) in [6.45, 7) is 2.38. The van der Waals surface area contributed by atoms with Crippen LogP contribution in [0.3, 0.4) is 0 Å². The molecule has 0 unspecified atom stereocenters. The lowest BCUT2D eigenvalue weighted by atomic mass is 10.1. The zero-order valence-electron chi connectivity index (χ0n) is 15.0. The van der Waals surface area contributed by atoms with E-state index >= 15 is 0 Å². The number of nitrogens with one attached hydrogen (secondary N) is 2. The Bertz CT molecular complexity index is 469. The molecule has 0 aromatic carbocycles. The number of hydrogen-bond acceptors (Lipinski definition) is 3. The van der Waals surface area contributed by atoms with Crippen molar-refractivity contribution in [3.05, 3.63) is 18.0 Å². The average Bonchev–Trinajstić information content (AvgIpc) is 2.81. The van der Waals surface area contributed by atoms with Gasteiger partial charge in [0.2, 0.25) is 0 Å². The van der Waals surface area contributed by atoms with Crippen molar-refractivity contribution in [1.29, 1.82) is 0 Å². The molecule has 0 radical (unpaired) electrons. The minimum atomic E-state index is 0. The Kier molecular flexibility index (Phi) is 11.1. The van der Waals surface area contributed by atoms with Gasteiger partial charge in [-0.05, 0) is 24.8 Å². The third-order valence-corrected chi connectivity index (χ3v) is 4.24. The number of aliphatic imine (C=N–C) groups is 1. The summed E-state index contributed by atoms with van der Waals surface area (Å²) >= 11 is 0. The maximum absolute atomic E-state index is 5.98. The van der Waals surface area contributed by atoms with Gasteiger partial charge in [0.1, 0.15) is 0 Å². The highest BCUT2D eigenvalue weighted by molar-refractivity contribution is 14.0. The summed E-state index contributed by atoms with van der Waals surface area (Å²) < 4.78 is 7.80. The van der Waals surface area contributed by atoms with Gasteiger partial charge >= 0.3 is 0 Å². The summed E-state index contributed by atoms with van der Waals surface area (Å²) in [4.78, 5) is 4.24. The van der Waals surface area contributed by atoms with Gasteiger partial charge in [-0.3, -0.25) is 9.67 Å². The van der Waals surface area contributed by atoms with Crippen LogP contribution in [-0.4, -0.2) is 48.6 Å². The molecular formula is C17H32IN5O. The van der Waals surface area contributed by atoms with Crippen LogP contribution in [0.1, 0.15) is 44.1 Å². The average molecular weight is 449 g/mol. The monoisotopic (exact) mass is 449 g/mol. The third kappa shape index (κ3) is 8.32.